The first kappa shape index (κ1) is 18.1. The van der Waals surface area contributed by atoms with E-state index in [1.54, 1.807) is 38.3 Å². The quantitative estimate of drug-likeness (QED) is 0.625. The lowest BCUT2D eigenvalue weighted by Crippen LogP contribution is -2.21. The molecule has 0 saturated heterocycles. The minimum Gasteiger partial charge on any atom is -0.497 e. The fourth-order valence-corrected chi connectivity index (χ4v) is 1.96. The van der Waals surface area contributed by atoms with E-state index in [4.69, 9.17) is 4.74 Å². The van der Waals surface area contributed by atoms with Gasteiger partial charge in [-0.2, -0.15) is 5.10 Å². The van der Waals surface area contributed by atoms with Crippen LogP contribution in [0.2, 0.25) is 0 Å². The molecule has 0 saturated carbocycles. The molecule has 7 heteroatoms. The van der Waals surface area contributed by atoms with Crippen LogP contribution in [0.3, 0.4) is 0 Å². The van der Waals surface area contributed by atoms with E-state index < -0.39 is 0 Å². The van der Waals surface area contributed by atoms with E-state index in [0.717, 1.165) is 0 Å². The molecule has 0 aliphatic heterocycles. The summed E-state index contributed by atoms with van der Waals surface area (Å²) < 4.78 is 17.8. The molecular formula is C18H18FN3O3. The molecule has 2 N–H and O–H groups in total. The number of halogens is 1. The second-order valence-electron chi connectivity index (χ2n) is 5.25. The predicted octanol–water partition coefficient (Wildman–Crippen LogP) is 2.97. The summed E-state index contributed by atoms with van der Waals surface area (Å²) in [5.41, 5.74) is 3.74. The predicted molar refractivity (Wildman–Crippen MR) is 93.2 cm³/mol. The van der Waals surface area contributed by atoms with Gasteiger partial charge in [-0.1, -0.05) is 0 Å². The molecule has 0 heterocycles. The highest BCUT2D eigenvalue weighted by Crippen LogP contribution is 2.11. The van der Waals surface area contributed by atoms with Crippen LogP contribution in [0.1, 0.15) is 23.7 Å². The Labute approximate surface area is 144 Å². The highest BCUT2D eigenvalue weighted by molar-refractivity contribution is 6.06. The van der Waals surface area contributed by atoms with Crippen LogP contribution >= 0.6 is 0 Å². The summed E-state index contributed by atoms with van der Waals surface area (Å²) >= 11 is 0. The number of methoxy groups -OCH3 is 1. The smallest absolute Gasteiger partial charge is 0.271 e. The Morgan fingerprint density at radius 3 is 2.32 bits per heavy atom. The number of carbonyl (C=O) groups excluding carboxylic acids is 2. The van der Waals surface area contributed by atoms with Crippen molar-refractivity contribution in [1.29, 1.82) is 0 Å². The van der Waals surface area contributed by atoms with Gasteiger partial charge in [0.05, 0.1) is 13.5 Å². The highest BCUT2D eigenvalue weighted by atomic mass is 19.1. The van der Waals surface area contributed by atoms with Gasteiger partial charge in [-0.15, -0.1) is 0 Å². The monoisotopic (exact) mass is 343 g/mol. The second-order valence-corrected chi connectivity index (χ2v) is 5.25. The third kappa shape index (κ3) is 5.72. The summed E-state index contributed by atoms with van der Waals surface area (Å²) in [5.74, 6) is -0.432. The van der Waals surface area contributed by atoms with Gasteiger partial charge >= 0.3 is 0 Å². The lowest BCUT2D eigenvalue weighted by Gasteiger charge is -2.06. The third-order valence-corrected chi connectivity index (χ3v) is 3.24. The lowest BCUT2D eigenvalue weighted by atomic mass is 10.2. The van der Waals surface area contributed by atoms with Gasteiger partial charge in [0.25, 0.3) is 5.91 Å². The fourth-order valence-electron chi connectivity index (χ4n) is 1.96. The molecule has 0 fully saturated rings. The highest BCUT2D eigenvalue weighted by Gasteiger charge is 2.07. The third-order valence-electron chi connectivity index (χ3n) is 3.24. The van der Waals surface area contributed by atoms with E-state index in [9.17, 15) is 14.0 Å². The van der Waals surface area contributed by atoms with Crippen molar-refractivity contribution in [3.05, 3.63) is 59.9 Å². The molecule has 6 nitrogen and oxygen atoms in total. The van der Waals surface area contributed by atoms with E-state index >= 15 is 0 Å². The number of amides is 2. The maximum atomic E-state index is 12.8. The first-order valence-corrected chi connectivity index (χ1v) is 7.51. The van der Waals surface area contributed by atoms with E-state index in [-0.39, 0.29) is 24.1 Å². The minimum absolute atomic E-state index is 0.000267. The molecule has 0 atom stereocenters. The molecule has 0 aliphatic carbocycles. The van der Waals surface area contributed by atoms with Crippen LogP contribution in [-0.4, -0.2) is 24.6 Å². The van der Waals surface area contributed by atoms with E-state index in [1.165, 1.54) is 24.3 Å². The number of hydrogen-bond donors (Lipinski definition) is 2. The number of rotatable bonds is 6. The fraction of sp³-hybridized carbons (Fsp3) is 0.167. The van der Waals surface area contributed by atoms with Crippen LogP contribution in [0.25, 0.3) is 0 Å². The molecule has 2 rings (SSSR count). The number of benzene rings is 2. The average Bonchev–Trinajstić information content (AvgIpc) is 2.61. The molecule has 2 aromatic rings. The Bertz CT molecular complexity index is 771. The van der Waals surface area contributed by atoms with Crippen molar-refractivity contribution in [2.24, 2.45) is 5.10 Å². The van der Waals surface area contributed by atoms with Gasteiger partial charge in [0.2, 0.25) is 5.91 Å². The van der Waals surface area contributed by atoms with Crippen molar-refractivity contribution in [1.82, 2.24) is 5.43 Å². The summed E-state index contributed by atoms with van der Waals surface area (Å²) in [5, 5.41) is 6.52. The molecule has 2 amide bonds. The maximum Gasteiger partial charge on any atom is 0.271 e. The Morgan fingerprint density at radius 2 is 1.72 bits per heavy atom. The number of ether oxygens (including phenoxy) is 1. The SMILES string of the molecule is COc1ccc(C(=O)N/N=C(/C)CC(=O)Nc2ccc(F)cc2)cc1. The van der Waals surface area contributed by atoms with E-state index in [1.807, 2.05) is 0 Å². The Hall–Kier alpha value is -3.22. The van der Waals surface area contributed by atoms with Gasteiger partial charge in [-0.25, -0.2) is 9.82 Å². The molecule has 0 aliphatic rings. The molecule has 25 heavy (non-hydrogen) atoms. The summed E-state index contributed by atoms with van der Waals surface area (Å²) in [6, 6.07) is 12.0. The normalized spacial score (nSPS) is 10.9. The Balaban J connectivity index is 1.86. The van der Waals surface area contributed by atoms with Crippen LogP contribution in [0, 0.1) is 5.82 Å². The van der Waals surface area contributed by atoms with Crippen LogP contribution < -0.4 is 15.5 Å². The number of carbonyl (C=O) groups is 2. The molecule has 2 aromatic carbocycles. The zero-order valence-electron chi connectivity index (χ0n) is 13.9. The van der Waals surface area contributed by atoms with Crippen LogP contribution in [0.4, 0.5) is 10.1 Å². The van der Waals surface area contributed by atoms with Crippen molar-refractivity contribution >= 4 is 23.2 Å². The number of anilines is 1. The van der Waals surface area contributed by atoms with Gasteiger partial charge in [-0.05, 0) is 55.5 Å². The van der Waals surface area contributed by atoms with Gasteiger partial charge < -0.3 is 10.1 Å². The maximum absolute atomic E-state index is 12.8. The molecule has 130 valence electrons. The van der Waals surface area contributed by atoms with Gasteiger partial charge in [-0.3, -0.25) is 9.59 Å². The van der Waals surface area contributed by atoms with Gasteiger partial charge in [0.1, 0.15) is 11.6 Å². The molecule has 0 bridgehead atoms. The van der Waals surface area contributed by atoms with E-state index in [0.29, 0.717) is 22.7 Å². The number of nitrogens with one attached hydrogen (secondary N) is 2. The van der Waals surface area contributed by atoms with Crippen molar-refractivity contribution in [3.63, 3.8) is 0 Å². The summed E-state index contributed by atoms with van der Waals surface area (Å²) in [6.45, 7) is 1.62. The van der Waals surface area contributed by atoms with Crippen molar-refractivity contribution < 1.29 is 18.7 Å². The molecule has 0 unspecified atom stereocenters. The van der Waals surface area contributed by atoms with Crippen molar-refractivity contribution in [2.75, 3.05) is 12.4 Å². The van der Waals surface area contributed by atoms with Crippen LogP contribution in [-0.2, 0) is 4.79 Å². The first-order chi connectivity index (χ1) is 12.0. The average molecular weight is 343 g/mol. The summed E-state index contributed by atoms with van der Waals surface area (Å²) in [6.07, 6.45) is 0.000267. The van der Waals surface area contributed by atoms with E-state index in [2.05, 4.69) is 15.8 Å². The van der Waals surface area contributed by atoms with Crippen LogP contribution in [0.15, 0.2) is 53.6 Å². The van der Waals surface area contributed by atoms with Gasteiger partial charge in [0, 0.05) is 17.0 Å². The summed E-state index contributed by atoms with van der Waals surface area (Å²) in [7, 11) is 1.54. The topological polar surface area (TPSA) is 79.8 Å². The molecule has 0 aromatic heterocycles. The Morgan fingerprint density at radius 1 is 1.08 bits per heavy atom. The lowest BCUT2D eigenvalue weighted by molar-refractivity contribution is -0.115. The molecule has 0 radical (unpaired) electrons. The zero-order chi connectivity index (χ0) is 18.2. The standard InChI is InChI=1S/C18H18FN3O3/c1-12(11-17(23)20-15-7-5-14(19)6-8-15)21-22-18(24)13-3-9-16(25-2)10-4-13/h3-10H,11H2,1-2H3,(H,20,23)(H,22,24)/b21-12-. The van der Waals surface area contributed by atoms with Crippen molar-refractivity contribution in [2.45, 2.75) is 13.3 Å². The number of nitrogens with zero attached hydrogens (tertiary/aromatic N) is 1. The largest absolute Gasteiger partial charge is 0.497 e. The summed E-state index contributed by atoms with van der Waals surface area (Å²) in [4.78, 5) is 23.8. The second kappa shape index (κ2) is 8.58. The van der Waals surface area contributed by atoms with Crippen molar-refractivity contribution in [3.8, 4) is 5.75 Å². The van der Waals surface area contributed by atoms with Gasteiger partial charge in [0.15, 0.2) is 0 Å². The molecule has 0 spiro atoms. The minimum atomic E-state index is -0.388. The zero-order valence-corrected chi connectivity index (χ0v) is 13.9. The number of hydrogen-bond acceptors (Lipinski definition) is 4. The van der Waals surface area contributed by atoms with Crippen LogP contribution in [0.5, 0.6) is 5.75 Å². The first-order valence-electron chi connectivity index (χ1n) is 7.51. The molecular weight excluding hydrogens is 325 g/mol. The number of hydrazone groups is 1. The Kier molecular flexibility index (Phi) is 6.22.